The molecule has 1 N–H and O–H groups in total. The zero-order valence-corrected chi connectivity index (χ0v) is 17.2. The summed E-state index contributed by atoms with van der Waals surface area (Å²) in [4.78, 5) is 26.4. The van der Waals surface area contributed by atoms with Crippen LogP contribution in [0.5, 0.6) is 5.75 Å². The number of ether oxygens (including phenoxy) is 1. The van der Waals surface area contributed by atoms with Gasteiger partial charge in [0.25, 0.3) is 11.8 Å². The second-order valence-electron chi connectivity index (χ2n) is 6.22. The monoisotopic (exact) mass is 412 g/mol. The van der Waals surface area contributed by atoms with Gasteiger partial charge in [-0.15, -0.1) is 0 Å². The minimum Gasteiger partial charge on any atom is -0.497 e. The molecular weight excluding hydrogens is 392 g/mol. The van der Waals surface area contributed by atoms with Crippen LogP contribution in [-0.2, 0) is 11.2 Å². The van der Waals surface area contributed by atoms with E-state index in [1.807, 2.05) is 36.4 Å². The van der Waals surface area contributed by atoms with E-state index in [4.69, 9.17) is 17.0 Å². The molecule has 0 bridgehead atoms. The van der Waals surface area contributed by atoms with Crippen LogP contribution in [0.3, 0.4) is 0 Å². The summed E-state index contributed by atoms with van der Waals surface area (Å²) < 4.78 is 5.68. The maximum Gasteiger partial charge on any atom is 0.265 e. The van der Waals surface area contributed by atoms with E-state index in [0.717, 1.165) is 23.3 Å². The number of nitrogens with zero attached hydrogens (tertiary/aromatic N) is 1. The van der Waals surface area contributed by atoms with E-state index in [9.17, 15) is 9.59 Å². The Labute approximate surface area is 173 Å². The van der Waals surface area contributed by atoms with E-state index in [-0.39, 0.29) is 11.8 Å². The van der Waals surface area contributed by atoms with Crippen molar-refractivity contribution in [1.29, 1.82) is 0 Å². The first-order valence-electron chi connectivity index (χ1n) is 8.70. The van der Waals surface area contributed by atoms with Crippen molar-refractivity contribution in [2.24, 2.45) is 0 Å². The highest BCUT2D eigenvalue weighted by Gasteiger charge is 2.28. The van der Waals surface area contributed by atoms with Crippen molar-refractivity contribution in [3.05, 3.63) is 70.1 Å². The molecule has 1 saturated heterocycles. The molecule has 1 aliphatic heterocycles. The van der Waals surface area contributed by atoms with Crippen molar-refractivity contribution in [3.63, 3.8) is 0 Å². The number of methoxy groups -OCH3 is 1. The highest BCUT2D eigenvalue weighted by atomic mass is 32.2. The molecule has 144 valence electrons. The molecule has 0 aromatic heterocycles. The number of carbonyl (C=O) groups is 2. The predicted octanol–water partition coefficient (Wildman–Crippen LogP) is 3.50. The van der Waals surface area contributed by atoms with Crippen LogP contribution in [0.1, 0.15) is 21.5 Å². The van der Waals surface area contributed by atoms with E-state index in [1.165, 1.54) is 16.7 Å². The highest BCUT2D eigenvalue weighted by molar-refractivity contribution is 8.26. The Morgan fingerprint density at radius 2 is 1.86 bits per heavy atom. The summed E-state index contributed by atoms with van der Waals surface area (Å²) in [6.45, 7) is 0.548. The van der Waals surface area contributed by atoms with Crippen LogP contribution < -0.4 is 10.1 Å². The third kappa shape index (κ3) is 4.79. The minimum absolute atomic E-state index is 0.102. The van der Waals surface area contributed by atoms with Crippen LogP contribution in [0.25, 0.3) is 6.08 Å². The van der Waals surface area contributed by atoms with Crippen LogP contribution in [0.2, 0.25) is 0 Å². The molecule has 7 heteroatoms. The van der Waals surface area contributed by atoms with Crippen LogP contribution in [0.15, 0.2) is 53.4 Å². The minimum atomic E-state index is -0.125. The fourth-order valence-corrected chi connectivity index (χ4v) is 3.82. The second-order valence-corrected chi connectivity index (χ2v) is 7.89. The molecule has 0 atom stereocenters. The zero-order valence-electron chi connectivity index (χ0n) is 15.6. The predicted molar refractivity (Wildman–Crippen MR) is 116 cm³/mol. The first-order valence-corrected chi connectivity index (χ1v) is 9.93. The molecule has 2 amide bonds. The lowest BCUT2D eigenvalue weighted by molar-refractivity contribution is -0.121. The van der Waals surface area contributed by atoms with Gasteiger partial charge in [-0.05, 0) is 47.9 Å². The zero-order chi connectivity index (χ0) is 20.1. The first-order chi connectivity index (χ1) is 13.5. The van der Waals surface area contributed by atoms with Gasteiger partial charge in [0, 0.05) is 19.2 Å². The molecule has 3 rings (SSSR count). The van der Waals surface area contributed by atoms with Gasteiger partial charge >= 0.3 is 0 Å². The normalized spacial score (nSPS) is 15.2. The quantitative estimate of drug-likeness (QED) is 0.581. The number of hydrogen-bond donors (Lipinski definition) is 1. The number of thioether (sulfide) groups is 1. The smallest absolute Gasteiger partial charge is 0.265 e. The van der Waals surface area contributed by atoms with Crippen molar-refractivity contribution < 1.29 is 14.3 Å². The Morgan fingerprint density at radius 3 is 2.43 bits per heavy atom. The van der Waals surface area contributed by atoms with Gasteiger partial charge in [-0.3, -0.25) is 14.5 Å². The lowest BCUT2D eigenvalue weighted by Crippen LogP contribution is -2.25. The van der Waals surface area contributed by atoms with E-state index in [0.29, 0.717) is 21.3 Å². The lowest BCUT2D eigenvalue weighted by Gasteiger charge is -2.07. The summed E-state index contributed by atoms with van der Waals surface area (Å²) in [6, 6.07) is 14.9. The maximum absolute atomic E-state index is 12.3. The number of rotatable bonds is 6. The Bertz CT molecular complexity index is 922. The Morgan fingerprint density at radius 1 is 1.18 bits per heavy atom. The largest absolute Gasteiger partial charge is 0.497 e. The van der Waals surface area contributed by atoms with Crippen molar-refractivity contribution >= 4 is 46.2 Å². The molecule has 28 heavy (non-hydrogen) atoms. The van der Waals surface area contributed by atoms with Crippen LogP contribution in [0, 0.1) is 0 Å². The highest BCUT2D eigenvalue weighted by Crippen LogP contribution is 2.31. The average molecular weight is 413 g/mol. The van der Waals surface area contributed by atoms with Gasteiger partial charge in [-0.25, -0.2) is 0 Å². The Balaban J connectivity index is 1.55. The van der Waals surface area contributed by atoms with Gasteiger partial charge in [0.2, 0.25) is 0 Å². The topological polar surface area (TPSA) is 58.6 Å². The standard InChI is InChI=1S/C21H20N2O3S2/c1-23-20(25)18(28-21(23)27)13-15-3-7-16(8-4-15)19(24)22-12-11-14-5-9-17(26-2)10-6-14/h3-10,13H,11-12H2,1-2H3,(H,22,24)/b18-13+. The van der Waals surface area contributed by atoms with Crippen molar-refractivity contribution in [2.45, 2.75) is 6.42 Å². The molecule has 1 aliphatic rings. The van der Waals surface area contributed by atoms with Gasteiger partial charge in [-0.1, -0.05) is 48.2 Å². The number of amides is 2. The number of hydrogen-bond acceptors (Lipinski definition) is 5. The summed E-state index contributed by atoms with van der Waals surface area (Å²) in [7, 11) is 3.30. The summed E-state index contributed by atoms with van der Waals surface area (Å²) >= 11 is 6.40. The summed E-state index contributed by atoms with van der Waals surface area (Å²) in [5.41, 5.74) is 2.56. The molecule has 0 unspecified atom stereocenters. The molecule has 1 fully saturated rings. The molecule has 0 aliphatic carbocycles. The van der Waals surface area contributed by atoms with E-state index < -0.39 is 0 Å². The lowest BCUT2D eigenvalue weighted by atomic mass is 10.1. The average Bonchev–Trinajstić information content (AvgIpc) is 2.95. The summed E-state index contributed by atoms with van der Waals surface area (Å²) in [5, 5.41) is 2.92. The summed E-state index contributed by atoms with van der Waals surface area (Å²) in [6.07, 6.45) is 2.53. The van der Waals surface area contributed by atoms with Crippen molar-refractivity contribution in [2.75, 3.05) is 20.7 Å². The fraction of sp³-hybridized carbons (Fsp3) is 0.190. The molecular formula is C21H20N2O3S2. The van der Waals surface area contributed by atoms with Gasteiger partial charge in [0.05, 0.1) is 12.0 Å². The maximum atomic E-state index is 12.3. The molecule has 0 radical (unpaired) electrons. The fourth-order valence-electron chi connectivity index (χ4n) is 2.64. The van der Waals surface area contributed by atoms with Crippen molar-refractivity contribution in [3.8, 4) is 5.75 Å². The molecule has 2 aromatic rings. The van der Waals surface area contributed by atoms with Gasteiger partial charge < -0.3 is 10.1 Å². The molecule has 0 saturated carbocycles. The van der Waals surface area contributed by atoms with E-state index >= 15 is 0 Å². The van der Waals surface area contributed by atoms with Gasteiger partial charge in [-0.2, -0.15) is 0 Å². The molecule has 1 heterocycles. The van der Waals surface area contributed by atoms with Crippen LogP contribution >= 0.6 is 24.0 Å². The first kappa shape index (κ1) is 20.1. The summed E-state index contributed by atoms with van der Waals surface area (Å²) in [5.74, 6) is 0.587. The Kier molecular flexibility index (Phi) is 6.49. The number of thiocarbonyl (C=S) groups is 1. The second kappa shape index (κ2) is 9.03. The van der Waals surface area contributed by atoms with Crippen LogP contribution in [-0.4, -0.2) is 41.7 Å². The Hall–Kier alpha value is -2.64. The van der Waals surface area contributed by atoms with E-state index in [1.54, 1.807) is 32.4 Å². The number of benzene rings is 2. The van der Waals surface area contributed by atoms with Crippen LogP contribution in [0.4, 0.5) is 0 Å². The van der Waals surface area contributed by atoms with E-state index in [2.05, 4.69) is 5.32 Å². The van der Waals surface area contributed by atoms with Gasteiger partial charge in [0.15, 0.2) is 0 Å². The third-order valence-corrected chi connectivity index (χ3v) is 5.80. The number of carbonyl (C=O) groups excluding carboxylic acids is 2. The van der Waals surface area contributed by atoms with Gasteiger partial charge in [0.1, 0.15) is 10.1 Å². The molecule has 2 aromatic carbocycles. The molecule has 0 spiro atoms. The third-order valence-electron chi connectivity index (χ3n) is 4.32. The van der Waals surface area contributed by atoms with Crippen molar-refractivity contribution in [1.82, 2.24) is 10.2 Å². The number of likely N-dealkylation sites (N-methyl/N-ethyl adjacent to an activating group) is 1. The number of nitrogens with one attached hydrogen (secondary N) is 1. The SMILES string of the molecule is COc1ccc(CCNC(=O)c2ccc(/C=C3/SC(=S)N(C)C3=O)cc2)cc1. The molecule has 5 nitrogen and oxygen atoms in total.